The van der Waals surface area contributed by atoms with E-state index in [1.807, 2.05) is 0 Å². The summed E-state index contributed by atoms with van der Waals surface area (Å²) in [6.45, 7) is -0.0924. The molecular formula is C19H21F5N6O. The number of nitrogens with two attached hydrogens (primary N) is 1. The van der Waals surface area contributed by atoms with E-state index >= 15 is 0 Å². The third kappa shape index (κ3) is 4.48. The molecule has 0 aromatic carbocycles. The first-order chi connectivity index (χ1) is 14.6. The summed E-state index contributed by atoms with van der Waals surface area (Å²) >= 11 is 0. The third-order valence-electron chi connectivity index (χ3n) is 5.49. The molecule has 0 saturated carbocycles. The van der Waals surface area contributed by atoms with Gasteiger partial charge in [0.15, 0.2) is 5.69 Å². The molecule has 31 heavy (non-hydrogen) atoms. The van der Waals surface area contributed by atoms with Crippen LogP contribution in [-0.4, -0.2) is 58.8 Å². The highest BCUT2D eigenvalue weighted by atomic mass is 19.4. The van der Waals surface area contributed by atoms with Crippen molar-refractivity contribution in [2.45, 2.75) is 24.9 Å². The lowest BCUT2D eigenvalue weighted by atomic mass is 9.98. The van der Waals surface area contributed by atoms with Crippen molar-refractivity contribution >= 4 is 17.6 Å². The Morgan fingerprint density at radius 3 is 2.32 bits per heavy atom. The van der Waals surface area contributed by atoms with Crippen LogP contribution in [0.5, 0.6) is 0 Å². The predicted octanol–water partition coefficient (Wildman–Crippen LogP) is 2.80. The Balaban J connectivity index is 1.76. The number of anilines is 3. The van der Waals surface area contributed by atoms with Crippen LogP contribution in [0.15, 0.2) is 18.2 Å². The van der Waals surface area contributed by atoms with Crippen molar-refractivity contribution in [3.05, 3.63) is 23.9 Å². The molecule has 2 aromatic rings. The summed E-state index contributed by atoms with van der Waals surface area (Å²) in [6.07, 6.45) is -3.45. The Morgan fingerprint density at radius 1 is 1.06 bits per heavy atom. The Morgan fingerprint density at radius 2 is 1.74 bits per heavy atom. The molecule has 168 valence electrons. The van der Waals surface area contributed by atoms with Crippen molar-refractivity contribution < 1.29 is 27.1 Å². The van der Waals surface area contributed by atoms with Crippen LogP contribution in [-0.2, 0) is 6.18 Å². The lowest BCUT2D eigenvalue weighted by molar-refractivity contribution is -0.140. The SMILES string of the molecule is Nc1ccc(-c2cc(N3CC(F)(F)C3)nc(N3CCC(CO)CC3)n2)c(C(F)(F)F)n1. The minimum Gasteiger partial charge on any atom is -0.396 e. The summed E-state index contributed by atoms with van der Waals surface area (Å²) in [5, 5.41) is 9.32. The molecule has 0 amide bonds. The van der Waals surface area contributed by atoms with E-state index in [4.69, 9.17) is 5.73 Å². The summed E-state index contributed by atoms with van der Waals surface area (Å²) in [7, 11) is 0. The average molecular weight is 444 g/mol. The first-order valence-electron chi connectivity index (χ1n) is 9.77. The van der Waals surface area contributed by atoms with Gasteiger partial charge in [-0.2, -0.15) is 18.2 Å². The second kappa shape index (κ2) is 7.74. The first kappa shape index (κ1) is 21.5. The Kier molecular flexibility index (Phi) is 5.36. The number of aliphatic hydroxyl groups excluding tert-OH is 1. The van der Waals surface area contributed by atoms with Gasteiger partial charge in [-0.15, -0.1) is 0 Å². The quantitative estimate of drug-likeness (QED) is 0.701. The van der Waals surface area contributed by atoms with Crippen LogP contribution in [0.25, 0.3) is 11.3 Å². The molecule has 2 fully saturated rings. The normalized spacial score (nSPS) is 19.4. The van der Waals surface area contributed by atoms with Gasteiger partial charge >= 0.3 is 6.18 Å². The van der Waals surface area contributed by atoms with Crippen LogP contribution in [0, 0.1) is 5.92 Å². The molecule has 0 bridgehead atoms. The highest BCUT2D eigenvalue weighted by Gasteiger charge is 2.45. The average Bonchev–Trinajstić information content (AvgIpc) is 2.71. The monoisotopic (exact) mass is 444 g/mol. The fraction of sp³-hybridized carbons (Fsp3) is 0.526. The zero-order valence-corrected chi connectivity index (χ0v) is 16.4. The second-order valence-electron chi connectivity index (χ2n) is 7.87. The number of hydrogen-bond donors (Lipinski definition) is 2. The van der Waals surface area contributed by atoms with E-state index in [0.717, 1.165) is 0 Å². The molecule has 2 saturated heterocycles. The lowest BCUT2D eigenvalue weighted by Gasteiger charge is -2.40. The van der Waals surface area contributed by atoms with Crippen LogP contribution in [0.2, 0.25) is 0 Å². The van der Waals surface area contributed by atoms with Gasteiger partial charge in [0.05, 0.1) is 18.8 Å². The molecule has 4 heterocycles. The van der Waals surface area contributed by atoms with E-state index in [1.54, 1.807) is 4.90 Å². The van der Waals surface area contributed by atoms with Crippen LogP contribution >= 0.6 is 0 Å². The number of aliphatic hydroxyl groups is 1. The van der Waals surface area contributed by atoms with Crippen LogP contribution in [0.4, 0.5) is 39.5 Å². The molecule has 4 rings (SSSR count). The number of hydrogen-bond acceptors (Lipinski definition) is 7. The number of nitrogens with zero attached hydrogens (tertiary/aromatic N) is 5. The Hall–Kier alpha value is -2.76. The van der Waals surface area contributed by atoms with E-state index in [2.05, 4.69) is 15.0 Å². The fourth-order valence-electron chi connectivity index (χ4n) is 3.75. The number of pyridine rings is 1. The zero-order valence-electron chi connectivity index (χ0n) is 16.4. The van der Waals surface area contributed by atoms with Gasteiger partial charge in [-0.05, 0) is 30.9 Å². The van der Waals surface area contributed by atoms with Crippen molar-refractivity contribution in [2.24, 2.45) is 5.92 Å². The van der Waals surface area contributed by atoms with Gasteiger partial charge in [0.2, 0.25) is 5.95 Å². The maximum absolute atomic E-state index is 13.6. The van der Waals surface area contributed by atoms with Gasteiger partial charge in [0.25, 0.3) is 5.92 Å². The van der Waals surface area contributed by atoms with Gasteiger partial charge in [-0.3, -0.25) is 0 Å². The van der Waals surface area contributed by atoms with Crippen molar-refractivity contribution in [1.82, 2.24) is 15.0 Å². The molecule has 2 aliphatic rings. The topological polar surface area (TPSA) is 91.4 Å². The highest BCUT2D eigenvalue weighted by Crippen LogP contribution is 2.38. The zero-order chi connectivity index (χ0) is 22.4. The maximum atomic E-state index is 13.6. The largest absolute Gasteiger partial charge is 0.434 e. The fourth-order valence-corrected chi connectivity index (χ4v) is 3.75. The molecule has 0 unspecified atom stereocenters. The number of piperidine rings is 1. The van der Waals surface area contributed by atoms with E-state index < -0.39 is 30.9 Å². The van der Waals surface area contributed by atoms with Crippen molar-refractivity contribution in [2.75, 3.05) is 48.3 Å². The Labute approximate surface area is 174 Å². The first-order valence-corrected chi connectivity index (χ1v) is 9.77. The van der Waals surface area contributed by atoms with E-state index in [0.29, 0.717) is 25.9 Å². The summed E-state index contributed by atoms with van der Waals surface area (Å²) < 4.78 is 67.6. The number of halogens is 5. The maximum Gasteiger partial charge on any atom is 0.434 e. The third-order valence-corrected chi connectivity index (χ3v) is 5.49. The number of aromatic nitrogens is 3. The summed E-state index contributed by atoms with van der Waals surface area (Å²) in [6, 6.07) is 3.67. The molecule has 0 aliphatic carbocycles. The molecule has 2 aliphatic heterocycles. The van der Waals surface area contributed by atoms with Gasteiger partial charge in [-0.1, -0.05) is 0 Å². The van der Waals surface area contributed by atoms with Crippen LogP contribution < -0.4 is 15.5 Å². The van der Waals surface area contributed by atoms with Crippen LogP contribution in [0.1, 0.15) is 18.5 Å². The number of nitrogen functional groups attached to an aromatic ring is 1. The molecule has 3 N–H and O–H groups in total. The molecule has 0 radical (unpaired) electrons. The van der Waals surface area contributed by atoms with Crippen molar-refractivity contribution in [3.63, 3.8) is 0 Å². The minimum absolute atomic E-state index is 0.0505. The molecule has 0 atom stereocenters. The molecule has 7 nitrogen and oxygen atoms in total. The van der Waals surface area contributed by atoms with E-state index in [9.17, 15) is 27.1 Å². The van der Waals surface area contributed by atoms with Gasteiger partial charge < -0.3 is 20.6 Å². The number of alkyl halides is 5. The van der Waals surface area contributed by atoms with Gasteiger partial charge in [0.1, 0.15) is 11.6 Å². The molecule has 0 spiro atoms. The summed E-state index contributed by atoms with van der Waals surface area (Å²) in [5.41, 5.74) is 3.88. The second-order valence-corrected chi connectivity index (χ2v) is 7.87. The number of rotatable bonds is 4. The van der Waals surface area contributed by atoms with Gasteiger partial charge in [-0.25, -0.2) is 18.7 Å². The highest BCUT2D eigenvalue weighted by molar-refractivity contribution is 5.69. The molecule has 12 heteroatoms. The smallest absolute Gasteiger partial charge is 0.396 e. The summed E-state index contributed by atoms with van der Waals surface area (Å²) in [4.78, 5) is 15.2. The van der Waals surface area contributed by atoms with Crippen molar-refractivity contribution in [3.8, 4) is 11.3 Å². The van der Waals surface area contributed by atoms with Crippen LogP contribution in [0.3, 0.4) is 0 Å². The van der Waals surface area contributed by atoms with E-state index in [-0.39, 0.29) is 41.4 Å². The standard InChI is InChI=1S/C19H21F5N6O/c20-18(21)9-30(10-18)15-7-13(12-1-2-14(25)27-16(12)19(22,23)24)26-17(28-15)29-5-3-11(8-31)4-6-29/h1-2,7,11,31H,3-6,8-10H2,(H2,25,27). The van der Waals surface area contributed by atoms with Gasteiger partial charge in [0, 0.05) is 31.3 Å². The van der Waals surface area contributed by atoms with Crippen molar-refractivity contribution in [1.29, 1.82) is 0 Å². The van der Waals surface area contributed by atoms with E-state index in [1.165, 1.54) is 23.1 Å². The Bertz CT molecular complexity index is 953. The lowest BCUT2D eigenvalue weighted by Crippen LogP contribution is -2.56. The molecular weight excluding hydrogens is 423 g/mol. The predicted molar refractivity (Wildman–Crippen MR) is 104 cm³/mol. The minimum atomic E-state index is -4.78. The molecule has 2 aromatic heterocycles. The summed E-state index contributed by atoms with van der Waals surface area (Å²) in [5.74, 6) is -2.75.